The van der Waals surface area contributed by atoms with Gasteiger partial charge in [0.15, 0.2) is 0 Å². The third kappa shape index (κ3) is 6.26. The molecule has 0 aliphatic heterocycles. The Morgan fingerprint density at radius 1 is 0.758 bits per heavy atom. The second-order valence-corrected chi connectivity index (χ2v) is 10.6. The van der Waals surface area contributed by atoms with Crippen molar-refractivity contribution in [2.75, 3.05) is 20.3 Å². The van der Waals surface area contributed by atoms with Crippen LogP contribution in [0.5, 0.6) is 0 Å². The van der Waals surface area contributed by atoms with E-state index < -0.39 is 0 Å². The lowest BCUT2D eigenvalue weighted by atomic mass is 9.62. The molecule has 0 aromatic heterocycles. The van der Waals surface area contributed by atoms with Crippen LogP contribution in [0.4, 0.5) is 0 Å². The van der Waals surface area contributed by atoms with Crippen molar-refractivity contribution in [3.05, 3.63) is 71.8 Å². The Kier molecular flexibility index (Phi) is 8.62. The summed E-state index contributed by atoms with van der Waals surface area (Å²) in [5.74, 6) is 0.826. The first kappa shape index (κ1) is 24.4. The first-order valence-electron chi connectivity index (χ1n) is 13.1. The number of rotatable bonds is 10. The Balaban J connectivity index is 1.57. The predicted octanol–water partition coefficient (Wildman–Crippen LogP) is 7.21. The Labute approximate surface area is 201 Å². The van der Waals surface area contributed by atoms with Gasteiger partial charge >= 0.3 is 0 Å². The second kappa shape index (κ2) is 11.6. The highest BCUT2D eigenvalue weighted by atomic mass is 16.5. The Morgan fingerprint density at radius 2 is 1.30 bits per heavy atom. The molecule has 0 unspecified atom stereocenters. The molecule has 3 heteroatoms. The van der Waals surface area contributed by atoms with E-state index in [9.17, 15) is 0 Å². The lowest BCUT2D eigenvalue weighted by molar-refractivity contribution is -0.199. The predicted molar refractivity (Wildman–Crippen MR) is 136 cm³/mol. The highest BCUT2D eigenvalue weighted by Crippen LogP contribution is 2.51. The molecule has 0 spiro atoms. The smallest absolute Gasteiger partial charge is 0.122 e. The third-order valence-electron chi connectivity index (χ3n) is 8.42. The van der Waals surface area contributed by atoms with Crippen molar-refractivity contribution in [1.29, 1.82) is 0 Å². The molecule has 2 saturated carbocycles. The lowest BCUT2D eigenvalue weighted by Gasteiger charge is -2.51. The largest absolute Gasteiger partial charge is 0.382 e. The summed E-state index contributed by atoms with van der Waals surface area (Å²) in [7, 11) is 1.77. The zero-order valence-electron chi connectivity index (χ0n) is 20.8. The van der Waals surface area contributed by atoms with E-state index in [2.05, 4.69) is 72.5 Å². The van der Waals surface area contributed by atoms with Gasteiger partial charge in [-0.15, -0.1) is 0 Å². The van der Waals surface area contributed by atoms with Gasteiger partial charge < -0.3 is 9.47 Å². The van der Waals surface area contributed by atoms with Crippen LogP contribution in [0.25, 0.3) is 0 Å². The zero-order chi connectivity index (χ0) is 23.0. The maximum absolute atomic E-state index is 6.79. The number of methoxy groups -OCH3 is 1. The zero-order valence-corrected chi connectivity index (χ0v) is 20.8. The minimum atomic E-state index is -0.230. The van der Waals surface area contributed by atoms with E-state index in [0.717, 1.165) is 31.8 Å². The summed E-state index contributed by atoms with van der Waals surface area (Å²) >= 11 is 0. The molecular formula is C30H43NO2. The van der Waals surface area contributed by atoms with E-state index in [1.165, 1.54) is 56.1 Å². The summed E-state index contributed by atoms with van der Waals surface area (Å²) in [4.78, 5) is 2.62. The standard InChI is InChI=1S/C30H43NO2/c1-29(18-10-5-11-19-29)28-16-20-30(21-17-28,33-23-22-32-2)31(24-26-12-6-3-7-13-26)25-27-14-8-4-9-15-27/h3-4,6-9,12-15,28H,5,10-11,16-25H2,1-2H3/t28-,30+. The van der Waals surface area contributed by atoms with Gasteiger partial charge in [0.1, 0.15) is 5.72 Å². The molecule has 3 nitrogen and oxygen atoms in total. The first-order chi connectivity index (χ1) is 16.1. The molecule has 2 fully saturated rings. The molecule has 4 rings (SSSR count). The van der Waals surface area contributed by atoms with Crippen molar-refractivity contribution >= 4 is 0 Å². The average molecular weight is 450 g/mol. The van der Waals surface area contributed by atoms with Gasteiger partial charge in [-0.25, -0.2) is 0 Å². The third-order valence-corrected chi connectivity index (χ3v) is 8.42. The van der Waals surface area contributed by atoms with Gasteiger partial charge in [0, 0.05) is 20.2 Å². The number of nitrogens with zero attached hydrogens (tertiary/aromatic N) is 1. The van der Waals surface area contributed by atoms with Crippen molar-refractivity contribution in [2.24, 2.45) is 11.3 Å². The topological polar surface area (TPSA) is 21.7 Å². The summed E-state index contributed by atoms with van der Waals surface area (Å²) in [6.45, 7) is 5.68. The quantitative estimate of drug-likeness (QED) is 0.282. The van der Waals surface area contributed by atoms with Crippen LogP contribution in [-0.4, -0.2) is 30.9 Å². The molecule has 2 aliphatic carbocycles. The van der Waals surface area contributed by atoms with Crippen molar-refractivity contribution in [2.45, 2.75) is 83.5 Å². The molecule has 2 aromatic rings. The normalized spacial score (nSPS) is 25.2. The Hall–Kier alpha value is -1.68. The van der Waals surface area contributed by atoms with Crippen molar-refractivity contribution in [3.63, 3.8) is 0 Å². The summed E-state index contributed by atoms with van der Waals surface area (Å²) in [6, 6.07) is 21.8. The summed E-state index contributed by atoms with van der Waals surface area (Å²) < 4.78 is 12.2. The van der Waals surface area contributed by atoms with Crippen LogP contribution in [0.3, 0.4) is 0 Å². The van der Waals surface area contributed by atoms with Gasteiger partial charge in [0.05, 0.1) is 13.2 Å². The highest BCUT2D eigenvalue weighted by molar-refractivity contribution is 5.18. The number of hydrogen-bond acceptors (Lipinski definition) is 3. The molecule has 0 atom stereocenters. The van der Waals surface area contributed by atoms with Crippen LogP contribution in [0.2, 0.25) is 0 Å². The molecule has 2 aromatic carbocycles. The summed E-state index contributed by atoms with van der Waals surface area (Å²) in [5, 5.41) is 0. The fraction of sp³-hybridized carbons (Fsp3) is 0.600. The van der Waals surface area contributed by atoms with Crippen LogP contribution in [0, 0.1) is 11.3 Å². The van der Waals surface area contributed by atoms with Gasteiger partial charge in [-0.1, -0.05) is 86.8 Å². The van der Waals surface area contributed by atoms with Crippen molar-refractivity contribution < 1.29 is 9.47 Å². The molecule has 2 aliphatic rings. The first-order valence-corrected chi connectivity index (χ1v) is 13.1. The minimum absolute atomic E-state index is 0.230. The molecule has 0 bridgehead atoms. The molecule has 180 valence electrons. The summed E-state index contributed by atoms with van der Waals surface area (Å²) in [5.41, 5.74) is 3.00. The Morgan fingerprint density at radius 3 is 1.82 bits per heavy atom. The van der Waals surface area contributed by atoms with E-state index in [-0.39, 0.29) is 5.72 Å². The maximum atomic E-state index is 6.79. The van der Waals surface area contributed by atoms with E-state index in [1.807, 2.05) is 0 Å². The molecule has 0 radical (unpaired) electrons. The minimum Gasteiger partial charge on any atom is -0.382 e. The van der Waals surface area contributed by atoms with Gasteiger partial charge in [-0.2, -0.15) is 0 Å². The van der Waals surface area contributed by atoms with Crippen LogP contribution in [-0.2, 0) is 22.6 Å². The van der Waals surface area contributed by atoms with E-state index in [4.69, 9.17) is 9.47 Å². The molecule has 0 amide bonds. The van der Waals surface area contributed by atoms with Crippen molar-refractivity contribution in [1.82, 2.24) is 4.90 Å². The number of benzene rings is 2. The van der Waals surface area contributed by atoms with E-state index in [0.29, 0.717) is 18.6 Å². The maximum Gasteiger partial charge on any atom is 0.122 e. The van der Waals surface area contributed by atoms with Crippen molar-refractivity contribution in [3.8, 4) is 0 Å². The van der Waals surface area contributed by atoms with Crippen LogP contribution < -0.4 is 0 Å². The van der Waals surface area contributed by atoms with Gasteiger partial charge in [0.2, 0.25) is 0 Å². The monoisotopic (exact) mass is 449 g/mol. The van der Waals surface area contributed by atoms with Crippen LogP contribution >= 0.6 is 0 Å². The molecule has 33 heavy (non-hydrogen) atoms. The highest BCUT2D eigenvalue weighted by Gasteiger charge is 2.46. The SMILES string of the molecule is COCCO[C@]1(N(Cc2ccccc2)Cc2ccccc2)CC[C@H](C2(C)CCCCC2)CC1. The molecule has 0 saturated heterocycles. The molecule has 0 N–H and O–H groups in total. The Bertz CT molecular complexity index is 766. The lowest BCUT2D eigenvalue weighted by Crippen LogP contribution is -2.53. The van der Waals surface area contributed by atoms with E-state index >= 15 is 0 Å². The van der Waals surface area contributed by atoms with Crippen LogP contribution in [0.1, 0.15) is 75.8 Å². The number of ether oxygens (including phenoxy) is 2. The van der Waals surface area contributed by atoms with E-state index in [1.54, 1.807) is 7.11 Å². The van der Waals surface area contributed by atoms with Crippen LogP contribution in [0.15, 0.2) is 60.7 Å². The summed E-state index contributed by atoms with van der Waals surface area (Å²) in [6.07, 6.45) is 11.8. The molecule has 0 heterocycles. The fourth-order valence-electron chi connectivity index (χ4n) is 6.35. The fourth-order valence-corrected chi connectivity index (χ4v) is 6.35. The van der Waals surface area contributed by atoms with Gasteiger partial charge in [-0.3, -0.25) is 4.90 Å². The second-order valence-electron chi connectivity index (χ2n) is 10.6. The number of hydrogen-bond donors (Lipinski definition) is 0. The van der Waals surface area contributed by atoms with Gasteiger partial charge in [-0.05, 0) is 61.0 Å². The van der Waals surface area contributed by atoms with Gasteiger partial charge in [0.25, 0.3) is 0 Å². The average Bonchev–Trinajstić information content (AvgIpc) is 2.86. The molecular weight excluding hydrogens is 406 g/mol.